The fourth-order valence-corrected chi connectivity index (χ4v) is 1.42. The Labute approximate surface area is 98.6 Å². The Bertz CT molecular complexity index is 523. The maximum atomic E-state index is 11.9. The molecule has 0 aromatic carbocycles. The van der Waals surface area contributed by atoms with Crippen molar-refractivity contribution in [3.63, 3.8) is 0 Å². The van der Waals surface area contributed by atoms with Crippen molar-refractivity contribution in [2.24, 2.45) is 0 Å². The molecular formula is C11H14N4O2. The first-order valence-electron chi connectivity index (χ1n) is 5.30. The van der Waals surface area contributed by atoms with Crippen molar-refractivity contribution in [2.45, 2.75) is 13.0 Å². The normalized spacial score (nSPS) is 12.6. The molecule has 2 aromatic rings. The lowest BCUT2D eigenvalue weighted by atomic mass is 10.2. The second-order valence-electron chi connectivity index (χ2n) is 3.72. The molecule has 0 unspecified atom stereocenters. The number of rotatable bonds is 4. The number of carbonyl (C=O) groups excluding carboxylic acids is 1. The minimum atomic E-state index is -0.170. The number of ether oxygens (including phenoxy) is 1. The molecule has 6 nitrogen and oxygen atoms in total. The summed E-state index contributed by atoms with van der Waals surface area (Å²) in [6, 6.07) is 0. The van der Waals surface area contributed by atoms with Crippen LogP contribution < -0.4 is 5.32 Å². The predicted octanol–water partition coefficient (Wildman–Crippen LogP) is 0.494. The first kappa shape index (κ1) is 11.5. The van der Waals surface area contributed by atoms with Crippen molar-refractivity contribution in [2.75, 3.05) is 13.7 Å². The number of hydrogen-bond acceptors (Lipinski definition) is 4. The number of carbonyl (C=O) groups is 1. The summed E-state index contributed by atoms with van der Waals surface area (Å²) in [6.07, 6.45) is 6.45. The van der Waals surface area contributed by atoms with Gasteiger partial charge in [0.05, 0.1) is 29.6 Å². The molecule has 1 atom stereocenters. The van der Waals surface area contributed by atoms with Crippen molar-refractivity contribution in [1.29, 1.82) is 0 Å². The number of nitrogens with zero attached hydrogens (tertiary/aromatic N) is 3. The Morgan fingerprint density at radius 1 is 1.59 bits per heavy atom. The monoisotopic (exact) mass is 234 g/mol. The van der Waals surface area contributed by atoms with Crippen LogP contribution in [0.4, 0.5) is 0 Å². The van der Waals surface area contributed by atoms with Gasteiger partial charge in [-0.15, -0.1) is 0 Å². The van der Waals surface area contributed by atoms with E-state index in [0.29, 0.717) is 17.6 Å². The average Bonchev–Trinajstić information content (AvgIpc) is 2.79. The largest absolute Gasteiger partial charge is 0.380 e. The maximum Gasteiger partial charge on any atom is 0.255 e. The molecule has 0 aliphatic carbocycles. The van der Waals surface area contributed by atoms with Gasteiger partial charge in [0, 0.05) is 26.0 Å². The quantitative estimate of drug-likeness (QED) is 0.836. The van der Waals surface area contributed by atoms with E-state index >= 15 is 0 Å². The second kappa shape index (κ2) is 4.92. The lowest BCUT2D eigenvalue weighted by Gasteiger charge is -2.09. The summed E-state index contributed by atoms with van der Waals surface area (Å²) in [5, 5.41) is 6.85. The Balaban J connectivity index is 2.14. The molecule has 2 heterocycles. The van der Waals surface area contributed by atoms with Crippen LogP contribution in [0.15, 0.2) is 24.8 Å². The summed E-state index contributed by atoms with van der Waals surface area (Å²) < 4.78 is 6.67. The molecule has 0 radical (unpaired) electrons. The number of amides is 1. The van der Waals surface area contributed by atoms with Crippen LogP contribution in [0, 0.1) is 0 Å². The highest BCUT2D eigenvalue weighted by Gasteiger charge is 2.12. The van der Waals surface area contributed by atoms with Gasteiger partial charge in [0.15, 0.2) is 0 Å². The van der Waals surface area contributed by atoms with Gasteiger partial charge in [-0.1, -0.05) is 0 Å². The average molecular weight is 234 g/mol. The van der Waals surface area contributed by atoms with Crippen molar-refractivity contribution in [3.8, 4) is 0 Å². The van der Waals surface area contributed by atoms with Gasteiger partial charge in [0.1, 0.15) is 0 Å². The van der Waals surface area contributed by atoms with E-state index in [9.17, 15) is 4.79 Å². The minimum Gasteiger partial charge on any atom is -0.380 e. The number of nitrogens with one attached hydrogen (secondary N) is 1. The molecule has 0 spiro atoms. The molecule has 1 amide bonds. The molecule has 6 heteroatoms. The Kier molecular flexibility index (Phi) is 3.34. The molecule has 2 aromatic heterocycles. The van der Waals surface area contributed by atoms with Crippen molar-refractivity contribution in [3.05, 3.63) is 30.4 Å². The molecule has 0 fully saturated rings. The van der Waals surface area contributed by atoms with Crippen molar-refractivity contribution in [1.82, 2.24) is 19.9 Å². The van der Waals surface area contributed by atoms with Gasteiger partial charge in [0.2, 0.25) is 0 Å². The van der Waals surface area contributed by atoms with Gasteiger partial charge in [-0.2, -0.15) is 5.10 Å². The first-order chi connectivity index (χ1) is 8.22. The Morgan fingerprint density at radius 2 is 2.41 bits per heavy atom. The third-order valence-electron chi connectivity index (χ3n) is 2.52. The van der Waals surface area contributed by atoms with Crippen LogP contribution in [0.3, 0.4) is 0 Å². The maximum absolute atomic E-state index is 11.9. The van der Waals surface area contributed by atoms with Gasteiger partial charge in [0.25, 0.3) is 5.91 Å². The molecule has 90 valence electrons. The van der Waals surface area contributed by atoms with Gasteiger partial charge in [-0.25, -0.2) is 4.52 Å². The summed E-state index contributed by atoms with van der Waals surface area (Å²) in [4.78, 5) is 15.9. The van der Waals surface area contributed by atoms with E-state index in [-0.39, 0.29) is 12.0 Å². The van der Waals surface area contributed by atoms with Crippen LogP contribution in [0.25, 0.3) is 5.52 Å². The minimum absolute atomic E-state index is 0.0149. The summed E-state index contributed by atoms with van der Waals surface area (Å²) in [5.74, 6) is -0.170. The van der Waals surface area contributed by atoms with E-state index in [4.69, 9.17) is 4.74 Å². The SMILES string of the molecule is CO[C@@H](C)CNC(=O)c1cnn2ccncc12. The van der Waals surface area contributed by atoms with E-state index < -0.39 is 0 Å². The Hall–Kier alpha value is -1.95. The van der Waals surface area contributed by atoms with E-state index in [2.05, 4.69) is 15.4 Å². The van der Waals surface area contributed by atoms with Crippen LogP contribution in [-0.4, -0.2) is 40.3 Å². The zero-order chi connectivity index (χ0) is 12.3. The first-order valence-corrected chi connectivity index (χ1v) is 5.30. The molecule has 1 N–H and O–H groups in total. The lowest BCUT2D eigenvalue weighted by Crippen LogP contribution is -2.31. The summed E-state index contributed by atoms with van der Waals surface area (Å²) in [7, 11) is 1.61. The van der Waals surface area contributed by atoms with Crippen LogP contribution in [-0.2, 0) is 4.74 Å². The fourth-order valence-electron chi connectivity index (χ4n) is 1.42. The van der Waals surface area contributed by atoms with Crippen LogP contribution >= 0.6 is 0 Å². The van der Waals surface area contributed by atoms with E-state index in [1.165, 1.54) is 6.20 Å². The zero-order valence-electron chi connectivity index (χ0n) is 9.75. The number of fused-ring (bicyclic) bond motifs is 1. The zero-order valence-corrected chi connectivity index (χ0v) is 9.75. The van der Waals surface area contributed by atoms with E-state index in [1.807, 2.05) is 6.92 Å². The highest BCUT2D eigenvalue weighted by molar-refractivity contribution is 6.00. The Morgan fingerprint density at radius 3 is 3.18 bits per heavy atom. The van der Waals surface area contributed by atoms with Crippen LogP contribution in [0.1, 0.15) is 17.3 Å². The highest BCUT2D eigenvalue weighted by atomic mass is 16.5. The number of aromatic nitrogens is 3. The third kappa shape index (κ3) is 2.42. The summed E-state index contributed by atoms with van der Waals surface area (Å²) in [6.45, 7) is 2.35. The van der Waals surface area contributed by atoms with E-state index in [1.54, 1.807) is 30.2 Å². The third-order valence-corrected chi connectivity index (χ3v) is 2.52. The molecule has 2 rings (SSSR count). The predicted molar refractivity (Wildman–Crippen MR) is 61.8 cm³/mol. The topological polar surface area (TPSA) is 68.5 Å². The second-order valence-corrected chi connectivity index (χ2v) is 3.72. The highest BCUT2D eigenvalue weighted by Crippen LogP contribution is 2.08. The number of hydrogen-bond donors (Lipinski definition) is 1. The van der Waals surface area contributed by atoms with Gasteiger partial charge in [-0.05, 0) is 6.92 Å². The molecule has 17 heavy (non-hydrogen) atoms. The summed E-state index contributed by atoms with van der Waals surface area (Å²) in [5.41, 5.74) is 1.21. The van der Waals surface area contributed by atoms with Crippen molar-refractivity contribution >= 4 is 11.4 Å². The standard InChI is InChI=1S/C11H14N4O2/c1-8(17-2)5-13-11(16)9-6-14-15-4-3-12-7-10(9)15/h3-4,6-8H,5H2,1-2H3,(H,13,16)/t8-/m0/s1. The van der Waals surface area contributed by atoms with Gasteiger partial charge >= 0.3 is 0 Å². The van der Waals surface area contributed by atoms with Crippen LogP contribution in [0.5, 0.6) is 0 Å². The number of methoxy groups -OCH3 is 1. The molecular weight excluding hydrogens is 220 g/mol. The lowest BCUT2D eigenvalue weighted by molar-refractivity contribution is 0.0872. The fraction of sp³-hybridized carbons (Fsp3) is 0.364. The summed E-state index contributed by atoms with van der Waals surface area (Å²) >= 11 is 0. The van der Waals surface area contributed by atoms with E-state index in [0.717, 1.165) is 0 Å². The molecule has 0 aliphatic heterocycles. The van der Waals surface area contributed by atoms with Gasteiger partial charge < -0.3 is 10.1 Å². The molecule has 0 bridgehead atoms. The van der Waals surface area contributed by atoms with Crippen molar-refractivity contribution < 1.29 is 9.53 Å². The molecule has 0 saturated carbocycles. The molecule has 0 aliphatic rings. The van der Waals surface area contributed by atoms with Gasteiger partial charge in [-0.3, -0.25) is 9.78 Å². The molecule has 0 saturated heterocycles. The smallest absolute Gasteiger partial charge is 0.255 e. The van der Waals surface area contributed by atoms with Crippen LogP contribution in [0.2, 0.25) is 0 Å².